The minimum Gasteiger partial charge on any atom is -0.378 e. The van der Waals surface area contributed by atoms with Crippen molar-refractivity contribution in [1.29, 1.82) is 0 Å². The predicted molar refractivity (Wildman–Crippen MR) is 129 cm³/mol. The first-order valence-electron chi connectivity index (χ1n) is 10.8. The van der Waals surface area contributed by atoms with Gasteiger partial charge < -0.3 is 4.90 Å². The van der Waals surface area contributed by atoms with Gasteiger partial charge in [-0.25, -0.2) is 9.96 Å². The quantitative estimate of drug-likeness (QED) is 0.524. The number of nitrogens with zero attached hydrogens (tertiary/aromatic N) is 3. The molecule has 3 aromatic carbocycles. The molecule has 0 radical (unpaired) electrons. The number of halogens is 1. The summed E-state index contributed by atoms with van der Waals surface area (Å²) in [5, 5.41) is 2.08. The topological polar surface area (TPSA) is 53.1 Å². The molecule has 0 aromatic heterocycles. The van der Waals surface area contributed by atoms with Gasteiger partial charge in [-0.2, -0.15) is 0 Å². The molecule has 0 saturated carbocycles. The summed E-state index contributed by atoms with van der Waals surface area (Å²) in [7, 11) is 3.95. The molecule has 168 valence electrons. The molecule has 2 saturated heterocycles. The number of hydrogen-bond acceptors (Lipinski definition) is 5. The maximum Gasteiger partial charge on any atom is 0.266 e. The Balaban J connectivity index is 1.60. The molecule has 0 spiro atoms. The molecule has 0 aliphatic carbocycles. The zero-order valence-electron chi connectivity index (χ0n) is 18.6. The van der Waals surface area contributed by atoms with Gasteiger partial charge in [0.05, 0.1) is 22.4 Å². The molecule has 0 unspecified atom stereocenters. The second-order valence-corrected chi connectivity index (χ2v) is 8.97. The first-order valence-corrected chi connectivity index (χ1v) is 11.2. The minimum atomic E-state index is -0.924. The van der Waals surface area contributed by atoms with Crippen LogP contribution in [-0.2, 0) is 14.4 Å². The van der Waals surface area contributed by atoms with Crippen molar-refractivity contribution in [2.75, 3.05) is 29.0 Å². The van der Waals surface area contributed by atoms with Crippen molar-refractivity contribution in [3.63, 3.8) is 0 Å². The normalized spacial score (nSPS) is 22.1. The van der Waals surface area contributed by atoms with Gasteiger partial charge in [0.25, 0.3) is 5.91 Å². The molecule has 2 aliphatic rings. The van der Waals surface area contributed by atoms with Crippen LogP contribution in [0.25, 0.3) is 0 Å². The lowest BCUT2D eigenvalue weighted by atomic mass is 9.90. The molecule has 2 fully saturated rings. The van der Waals surface area contributed by atoms with Crippen molar-refractivity contribution in [3.8, 4) is 0 Å². The largest absolute Gasteiger partial charge is 0.378 e. The van der Waals surface area contributed by atoms with Gasteiger partial charge in [0.1, 0.15) is 5.92 Å². The van der Waals surface area contributed by atoms with E-state index < -0.39 is 24.0 Å². The van der Waals surface area contributed by atoms with E-state index >= 15 is 0 Å². The molecule has 0 N–H and O–H groups in total. The molecule has 3 atom stereocenters. The van der Waals surface area contributed by atoms with Gasteiger partial charge in [0.2, 0.25) is 5.91 Å². The van der Waals surface area contributed by atoms with Gasteiger partial charge in [-0.1, -0.05) is 54.1 Å². The summed E-state index contributed by atoms with van der Waals surface area (Å²) >= 11 is 6.34. The van der Waals surface area contributed by atoms with Crippen LogP contribution >= 0.6 is 11.6 Å². The molecular weight excluding hydrogens is 438 g/mol. The van der Waals surface area contributed by atoms with E-state index in [1.807, 2.05) is 74.4 Å². The van der Waals surface area contributed by atoms with Gasteiger partial charge in [0.15, 0.2) is 6.10 Å². The molecular formula is C26H24ClN3O3. The van der Waals surface area contributed by atoms with E-state index in [1.165, 1.54) is 4.90 Å². The van der Waals surface area contributed by atoms with Crippen molar-refractivity contribution in [2.45, 2.75) is 19.1 Å². The number of imide groups is 1. The third kappa shape index (κ3) is 3.46. The van der Waals surface area contributed by atoms with E-state index in [0.29, 0.717) is 10.7 Å². The standard InChI is InChI=1S/C26H24ClN3O3/c1-16-8-4-6-10-20(16)30-23(17-12-14-18(15-13-17)28(2)3)22-24(33-30)26(32)29(25(22)31)21-11-7-5-9-19(21)27/h4-15,22-24H,1-3H3/t22-,23+,24-/m0/s1. The van der Waals surface area contributed by atoms with E-state index in [0.717, 1.165) is 22.5 Å². The molecule has 2 heterocycles. The average molecular weight is 462 g/mol. The van der Waals surface area contributed by atoms with E-state index in [-0.39, 0.29) is 5.91 Å². The number of hydrogen-bond donors (Lipinski definition) is 0. The fourth-order valence-corrected chi connectivity index (χ4v) is 4.83. The molecule has 0 bridgehead atoms. The first-order chi connectivity index (χ1) is 15.9. The number of amides is 2. The maximum absolute atomic E-state index is 13.7. The van der Waals surface area contributed by atoms with Gasteiger partial charge in [-0.05, 0) is 48.4 Å². The Bertz CT molecular complexity index is 1230. The summed E-state index contributed by atoms with van der Waals surface area (Å²) in [4.78, 5) is 36.6. The van der Waals surface area contributed by atoms with Crippen molar-refractivity contribution >= 4 is 40.5 Å². The van der Waals surface area contributed by atoms with E-state index in [9.17, 15) is 9.59 Å². The molecule has 33 heavy (non-hydrogen) atoms. The Morgan fingerprint density at radius 3 is 2.12 bits per heavy atom. The van der Waals surface area contributed by atoms with Crippen LogP contribution in [0.2, 0.25) is 5.02 Å². The Labute approximate surface area is 197 Å². The van der Waals surface area contributed by atoms with E-state index in [2.05, 4.69) is 0 Å². The number of rotatable bonds is 4. The van der Waals surface area contributed by atoms with Crippen LogP contribution in [0.4, 0.5) is 17.1 Å². The number of fused-ring (bicyclic) bond motifs is 1. The Morgan fingerprint density at radius 2 is 1.48 bits per heavy atom. The lowest BCUT2D eigenvalue weighted by Crippen LogP contribution is -2.37. The van der Waals surface area contributed by atoms with Crippen LogP contribution in [-0.4, -0.2) is 32.0 Å². The number of anilines is 3. The van der Waals surface area contributed by atoms with Crippen LogP contribution in [0.1, 0.15) is 17.2 Å². The second-order valence-electron chi connectivity index (χ2n) is 8.56. The first kappa shape index (κ1) is 21.5. The van der Waals surface area contributed by atoms with Crippen LogP contribution in [0.15, 0.2) is 72.8 Å². The smallest absolute Gasteiger partial charge is 0.266 e. The number of aryl methyl sites for hydroxylation is 1. The molecule has 7 heteroatoms. The van der Waals surface area contributed by atoms with Gasteiger partial charge in [-0.15, -0.1) is 0 Å². The zero-order valence-corrected chi connectivity index (χ0v) is 19.4. The average Bonchev–Trinajstić information content (AvgIpc) is 3.31. The van der Waals surface area contributed by atoms with Gasteiger partial charge >= 0.3 is 0 Å². The number of benzene rings is 3. The summed E-state index contributed by atoms with van der Waals surface area (Å²) in [6, 6.07) is 22.2. The molecule has 2 amide bonds. The van der Waals surface area contributed by atoms with Crippen LogP contribution < -0.4 is 14.9 Å². The highest BCUT2D eigenvalue weighted by atomic mass is 35.5. The summed E-state index contributed by atoms with van der Waals surface area (Å²) < 4.78 is 0. The van der Waals surface area contributed by atoms with Crippen molar-refractivity contribution < 1.29 is 14.4 Å². The second kappa shape index (κ2) is 8.21. The van der Waals surface area contributed by atoms with Crippen molar-refractivity contribution in [2.24, 2.45) is 5.92 Å². The molecule has 6 nitrogen and oxygen atoms in total. The van der Waals surface area contributed by atoms with Crippen LogP contribution in [0.5, 0.6) is 0 Å². The number of para-hydroxylation sites is 2. The maximum atomic E-state index is 13.7. The van der Waals surface area contributed by atoms with E-state index in [4.69, 9.17) is 16.4 Å². The van der Waals surface area contributed by atoms with Crippen molar-refractivity contribution in [3.05, 3.63) is 88.9 Å². The summed E-state index contributed by atoms with van der Waals surface area (Å²) in [6.07, 6.45) is -0.924. The lowest BCUT2D eigenvalue weighted by molar-refractivity contribution is -0.126. The van der Waals surface area contributed by atoms with Gasteiger partial charge in [0, 0.05) is 19.8 Å². The minimum absolute atomic E-state index is 0.309. The highest BCUT2D eigenvalue weighted by Crippen LogP contribution is 2.49. The predicted octanol–water partition coefficient (Wildman–Crippen LogP) is 4.77. The Kier molecular flexibility index (Phi) is 5.35. The fourth-order valence-electron chi connectivity index (χ4n) is 4.61. The highest BCUT2D eigenvalue weighted by Gasteiger charge is 2.60. The summed E-state index contributed by atoms with van der Waals surface area (Å²) in [5.74, 6) is -1.40. The summed E-state index contributed by atoms with van der Waals surface area (Å²) in [5.41, 5.74) is 4.16. The molecule has 2 aliphatic heterocycles. The number of carbonyl (C=O) groups excluding carboxylic acids is 2. The van der Waals surface area contributed by atoms with Crippen LogP contribution in [0, 0.1) is 12.8 Å². The molecule has 3 aromatic rings. The zero-order chi connectivity index (χ0) is 23.3. The van der Waals surface area contributed by atoms with Crippen LogP contribution in [0.3, 0.4) is 0 Å². The van der Waals surface area contributed by atoms with E-state index in [1.54, 1.807) is 29.3 Å². The van der Waals surface area contributed by atoms with Gasteiger partial charge in [-0.3, -0.25) is 14.4 Å². The van der Waals surface area contributed by atoms with Crippen molar-refractivity contribution in [1.82, 2.24) is 0 Å². The Morgan fingerprint density at radius 1 is 0.848 bits per heavy atom. The Hall–Kier alpha value is -3.35. The monoisotopic (exact) mass is 461 g/mol. The lowest BCUT2D eigenvalue weighted by Gasteiger charge is -2.30. The summed E-state index contributed by atoms with van der Waals surface area (Å²) in [6.45, 7) is 1.98. The fraction of sp³-hybridized carbons (Fsp3) is 0.231. The third-order valence-corrected chi connectivity index (χ3v) is 6.63. The SMILES string of the molecule is Cc1ccccc1N1O[C@@H]2C(=O)N(c3ccccc3Cl)C(=O)[C@H]2[C@H]1c1ccc(N(C)C)cc1. The number of hydroxylamine groups is 1. The molecule has 5 rings (SSSR count). The number of carbonyl (C=O) groups is 2. The third-order valence-electron chi connectivity index (χ3n) is 6.31. The highest BCUT2D eigenvalue weighted by molar-refractivity contribution is 6.36.